The average Bonchev–Trinajstić information content (AvgIpc) is 2.70. The first-order chi connectivity index (χ1) is 13.5. The second-order valence-electron chi connectivity index (χ2n) is 7.27. The Labute approximate surface area is 164 Å². The van der Waals surface area contributed by atoms with Gasteiger partial charge in [-0.3, -0.25) is 14.9 Å². The van der Waals surface area contributed by atoms with Gasteiger partial charge in [0.05, 0.1) is 30.1 Å². The van der Waals surface area contributed by atoms with Crippen LogP contribution in [-0.4, -0.2) is 30.1 Å². The Kier molecular flexibility index (Phi) is 6.49. The topological polar surface area (TPSA) is 89.0 Å². The molecule has 146 valence electrons. The number of rotatable bonds is 6. The van der Waals surface area contributed by atoms with Crippen molar-refractivity contribution in [3.63, 3.8) is 0 Å². The summed E-state index contributed by atoms with van der Waals surface area (Å²) >= 11 is 0. The van der Waals surface area contributed by atoms with Crippen molar-refractivity contribution in [1.82, 2.24) is 5.43 Å². The molecule has 1 heterocycles. The van der Waals surface area contributed by atoms with E-state index in [4.69, 9.17) is 0 Å². The molecule has 0 spiro atoms. The zero-order chi connectivity index (χ0) is 19.9. The smallest absolute Gasteiger partial charge is 0.269 e. The van der Waals surface area contributed by atoms with Crippen LogP contribution < -0.4 is 10.3 Å². The Morgan fingerprint density at radius 2 is 1.82 bits per heavy atom. The van der Waals surface area contributed by atoms with Gasteiger partial charge in [-0.15, -0.1) is 0 Å². The first kappa shape index (κ1) is 19.7. The summed E-state index contributed by atoms with van der Waals surface area (Å²) in [5, 5.41) is 14.8. The average molecular weight is 381 g/mol. The molecule has 0 unspecified atom stereocenters. The van der Waals surface area contributed by atoms with Gasteiger partial charge in [0.2, 0.25) is 5.91 Å². The molecule has 2 aromatic rings. The van der Waals surface area contributed by atoms with Gasteiger partial charge >= 0.3 is 0 Å². The zero-order valence-corrected chi connectivity index (χ0v) is 15.9. The predicted octanol–water partition coefficient (Wildman–Crippen LogP) is 1.85. The van der Waals surface area contributed by atoms with Crippen LogP contribution in [0, 0.1) is 23.0 Å². The Bertz CT molecular complexity index is 839. The SMILES string of the molecule is Cc1ccc(/C=N\NC(=O)C2CC[NH+](Cc3ccc([N+](=O)[O-])cc3)CC2)cc1. The van der Waals surface area contributed by atoms with Crippen molar-refractivity contribution in [3.8, 4) is 0 Å². The zero-order valence-electron chi connectivity index (χ0n) is 15.9. The highest BCUT2D eigenvalue weighted by Gasteiger charge is 2.27. The van der Waals surface area contributed by atoms with Crippen LogP contribution in [0.15, 0.2) is 53.6 Å². The Morgan fingerprint density at radius 1 is 1.18 bits per heavy atom. The minimum absolute atomic E-state index is 0.0178. The van der Waals surface area contributed by atoms with E-state index in [2.05, 4.69) is 10.5 Å². The molecule has 1 aliphatic heterocycles. The number of nitrogens with zero attached hydrogens (tertiary/aromatic N) is 2. The maximum atomic E-state index is 12.3. The van der Waals surface area contributed by atoms with Crippen LogP contribution in [0.2, 0.25) is 0 Å². The second kappa shape index (κ2) is 9.23. The van der Waals surface area contributed by atoms with E-state index in [1.807, 2.05) is 43.3 Å². The number of piperidine rings is 1. The van der Waals surface area contributed by atoms with Gasteiger partial charge in [-0.05, 0) is 24.6 Å². The third-order valence-electron chi connectivity index (χ3n) is 5.13. The van der Waals surface area contributed by atoms with Crippen LogP contribution in [0.25, 0.3) is 0 Å². The molecule has 28 heavy (non-hydrogen) atoms. The molecular weight excluding hydrogens is 356 g/mol. The lowest BCUT2D eigenvalue weighted by Gasteiger charge is -2.28. The number of nitrogens with one attached hydrogen (secondary N) is 2. The lowest BCUT2D eigenvalue weighted by molar-refractivity contribution is -0.919. The molecule has 0 aromatic heterocycles. The van der Waals surface area contributed by atoms with Crippen molar-refractivity contribution in [2.24, 2.45) is 11.0 Å². The number of amides is 1. The number of aryl methyl sites for hydroxylation is 1. The molecule has 0 atom stereocenters. The lowest BCUT2D eigenvalue weighted by Crippen LogP contribution is -3.11. The predicted molar refractivity (Wildman–Crippen MR) is 107 cm³/mol. The molecule has 3 rings (SSSR count). The molecule has 7 nitrogen and oxygen atoms in total. The van der Waals surface area contributed by atoms with Gasteiger partial charge < -0.3 is 4.90 Å². The van der Waals surface area contributed by atoms with Gasteiger partial charge in [-0.1, -0.05) is 29.8 Å². The van der Waals surface area contributed by atoms with Crippen LogP contribution in [0.3, 0.4) is 0 Å². The lowest BCUT2D eigenvalue weighted by atomic mass is 9.96. The van der Waals surface area contributed by atoms with Crippen LogP contribution >= 0.6 is 0 Å². The van der Waals surface area contributed by atoms with Gasteiger partial charge in [-0.2, -0.15) is 5.10 Å². The molecule has 1 saturated heterocycles. The number of hydrogen-bond acceptors (Lipinski definition) is 4. The van der Waals surface area contributed by atoms with Crippen molar-refractivity contribution >= 4 is 17.8 Å². The summed E-state index contributed by atoms with van der Waals surface area (Å²) in [5.74, 6) is -0.0477. The molecule has 1 amide bonds. The van der Waals surface area contributed by atoms with E-state index in [1.54, 1.807) is 18.3 Å². The molecular formula is C21H25N4O3+. The van der Waals surface area contributed by atoms with E-state index in [0.717, 1.165) is 43.6 Å². The summed E-state index contributed by atoms with van der Waals surface area (Å²) in [6.45, 7) is 4.64. The van der Waals surface area contributed by atoms with Crippen molar-refractivity contribution in [1.29, 1.82) is 0 Å². The largest absolute Gasteiger partial charge is 0.331 e. The fourth-order valence-corrected chi connectivity index (χ4v) is 3.40. The molecule has 1 fully saturated rings. The van der Waals surface area contributed by atoms with Gasteiger partial charge in [0.25, 0.3) is 5.69 Å². The summed E-state index contributed by atoms with van der Waals surface area (Å²) in [4.78, 5) is 24.0. The Hall–Kier alpha value is -3.06. The molecule has 0 bridgehead atoms. The highest BCUT2D eigenvalue weighted by atomic mass is 16.6. The quantitative estimate of drug-likeness (QED) is 0.455. The Morgan fingerprint density at radius 3 is 2.43 bits per heavy atom. The summed E-state index contributed by atoms with van der Waals surface area (Å²) < 4.78 is 0. The number of quaternary nitrogens is 1. The third kappa shape index (κ3) is 5.47. The number of carbonyl (C=O) groups excluding carboxylic acids is 1. The normalized spacial score (nSPS) is 19.5. The first-order valence-electron chi connectivity index (χ1n) is 9.48. The fraction of sp³-hybridized carbons (Fsp3) is 0.333. The maximum absolute atomic E-state index is 12.3. The number of nitro groups is 1. The van der Waals surface area contributed by atoms with E-state index in [0.29, 0.717) is 0 Å². The molecule has 0 radical (unpaired) electrons. The third-order valence-corrected chi connectivity index (χ3v) is 5.13. The number of benzene rings is 2. The standard InChI is InChI=1S/C21H24N4O3/c1-16-2-4-17(5-3-16)14-22-23-21(26)19-10-12-24(13-11-19)15-18-6-8-20(9-7-18)25(27)28/h2-9,14,19H,10-13,15H2,1H3,(H,23,26)/p+1/b22-14-. The second-order valence-corrected chi connectivity index (χ2v) is 7.27. The minimum atomic E-state index is -0.387. The number of carbonyl (C=O) groups is 1. The summed E-state index contributed by atoms with van der Waals surface area (Å²) in [7, 11) is 0. The number of nitro benzene ring substituents is 1. The highest BCUT2D eigenvalue weighted by molar-refractivity contribution is 5.83. The van der Waals surface area contributed by atoms with Gasteiger partial charge in [0.1, 0.15) is 6.54 Å². The van der Waals surface area contributed by atoms with E-state index in [1.165, 1.54) is 10.5 Å². The highest BCUT2D eigenvalue weighted by Crippen LogP contribution is 2.13. The van der Waals surface area contributed by atoms with Gasteiger partial charge in [0.15, 0.2) is 0 Å². The molecule has 2 N–H and O–H groups in total. The first-order valence-corrected chi connectivity index (χ1v) is 9.48. The molecule has 7 heteroatoms. The van der Waals surface area contributed by atoms with E-state index < -0.39 is 0 Å². The molecule has 1 aliphatic rings. The van der Waals surface area contributed by atoms with Crippen molar-refractivity contribution in [2.45, 2.75) is 26.3 Å². The summed E-state index contributed by atoms with van der Waals surface area (Å²) in [6, 6.07) is 14.6. The fourth-order valence-electron chi connectivity index (χ4n) is 3.40. The molecule has 2 aromatic carbocycles. The number of hydrogen-bond donors (Lipinski definition) is 2. The summed E-state index contributed by atoms with van der Waals surface area (Å²) in [6.07, 6.45) is 3.29. The van der Waals surface area contributed by atoms with Crippen LogP contribution in [0.4, 0.5) is 5.69 Å². The molecule has 0 aliphatic carbocycles. The monoisotopic (exact) mass is 381 g/mol. The van der Waals surface area contributed by atoms with E-state index in [-0.39, 0.29) is 22.4 Å². The van der Waals surface area contributed by atoms with Gasteiger partial charge in [-0.25, -0.2) is 5.43 Å². The van der Waals surface area contributed by atoms with E-state index in [9.17, 15) is 14.9 Å². The van der Waals surface area contributed by atoms with Crippen molar-refractivity contribution in [2.75, 3.05) is 13.1 Å². The van der Waals surface area contributed by atoms with Crippen molar-refractivity contribution in [3.05, 3.63) is 75.3 Å². The summed E-state index contributed by atoms with van der Waals surface area (Å²) in [5.41, 5.74) is 5.98. The van der Waals surface area contributed by atoms with E-state index >= 15 is 0 Å². The maximum Gasteiger partial charge on any atom is 0.269 e. The Balaban J connectivity index is 1.43. The number of hydrazone groups is 1. The number of likely N-dealkylation sites (tertiary alicyclic amines) is 1. The van der Waals surface area contributed by atoms with Crippen LogP contribution in [-0.2, 0) is 11.3 Å². The number of non-ortho nitro benzene ring substituents is 1. The van der Waals surface area contributed by atoms with Crippen LogP contribution in [0.1, 0.15) is 29.5 Å². The van der Waals surface area contributed by atoms with Crippen molar-refractivity contribution < 1.29 is 14.6 Å². The minimum Gasteiger partial charge on any atom is -0.331 e. The van der Waals surface area contributed by atoms with Crippen LogP contribution in [0.5, 0.6) is 0 Å². The van der Waals surface area contributed by atoms with Gasteiger partial charge in [0, 0.05) is 30.5 Å². The molecule has 0 saturated carbocycles.